The van der Waals surface area contributed by atoms with Crippen LogP contribution in [0.1, 0.15) is 22.4 Å². The number of thiophene rings is 1. The summed E-state index contributed by atoms with van der Waals surface area (Å²) >= 11 is 3.49. The van der Waals surface area contributed by atoms with Crippen molar-refractivity contribution in [3.8, 4) is 0 Å². The van der Waals surface area contributed by atoms with Crippen LogP contribution in [0.5, 0.6) is 0 Å². The summed E-state index contributed by atoms with van der Waals surface area (Å²) in [6, 6.07) is 6.14. The van der Waals surface area contributed by atoms with Gasteiger partial charge in [0, 0.05) is 27.3 Å². The summed E-state index contributed by atoms with van der Waals surface area (Å²) in [5, 5.41) is 0.758. The quantitative estimate of drug-likeness (QED) is 0.681. The second-order valence-corrected chi connectivity index (χ2v) is 5.92. The molecule has 0 aliphatic carbocycles. The maximum atomic E-state index is 5.69. The molecule has 3 nitrogen and oxygen atoms in total. The normalized spacial score (nSPS) is 10.7. The summed E-state index contributed by atoms with van der Waals surface area (Å²) < 4.78 is 0. The van der Waals surface area contributed by atoms with Crippen molar-refractivity contribution in [1.29, 1.82) is 0 Å². The number of hydrogen-bond acceptors (Lipinski definition) is 5. The Hall–Kier alpha value is -1.07. The second-order valence-electron chi connectivity index (χ2n) is 3.73. The van der Waals surface area contributed by atoms with E-state index in [-0.39, 0.29) is 0 Å². The highest BCUT2D eigenvalue weighted by atomic mass is 32.2. The summed E-state index contributed by atoms with van der Waals surface area (Å²) in [7, 11) is 0. The van der Waals surface area contributed by atoms with E-state index < -0.39 is 0 Å². The summed E-state index contributed by atoms with van der Waals surface area (Å²) in [5.74, 6) is 1.45. The molecule has 0 amide bonds. The van der Waals surface area contributed by atoms with Crippen LogP contribution in [0.2, 0.25) is 0 Å². The van der Waals surface area contributed by atoms with Gasteiger partial charge in [-0.2, -0.15) is 0 Å². The van der Waals surface area contributed by atoms with E-state index in [4.69, 9.17) is 5.73 Å². The monoisotopic (exact) mass is 265 g/mol. The largest absolute Gasteiger partial charge is 0.384 e. The van der Waals surface area contributed by atoms with E-state index in [1.54, 1.807) is 17.8 Å². The van der Waals surface area contributed by atoms with Gasteiger partial charge in [0.05, 0.1) is 0 Å². The number of thioether (sulfide) groups is 1. The van der Waals surface area contributed by atoms with Gasteiger partial charge in [-0.3, -0.25) is 0 Å². The molecule has 0 aliphatic heterocycles. The van der Waals surface area contributed by atoms with E-state index in [9.17, 15) is 0 Å². The number of rotatable bonds is 4. The van der Waals surface area contributed by atoms with Gasteiger partial charge in [-0.1, -0.05) is 18.7 Å². The lowest BCUT2D eigenvalue weighted by Gasteiger charge is -2.01. The van der Waals surface area contributed by atoms with Gasteiger partial charge in [0.2, 0.25) is 0 Å². The number of aromatic nitrogens is 2. The van der Waals surface area contributed by atoms with E-state index in [0.29, 0.717) is 5.82 Å². The molecule has 0 aliphatic rings. The van der Waals surface area contributed by atoms with E-state index in [2.05, 4.69) is 29.0 Å². The fourth-order valence-electron chi connectivity index (χ4n) is 1.46. The Balaban J connectivity index is 2.01. The minimum Gasteiger partial charge on any atom is -0.384 e. The van der Waals surface area contributed by atoms with Crippen LogP contribution in [0.15, 0.2) is 23.4 Å². The average molecular weight is 265 g/mol. The third kappa shape index (κ3) is 3.44. The smallest absolute Gasteiger partial charge is 0.190 e. The molecule has 0 atom stereocenters. The number of aryl methyl sites for hydroxylation is 2. The highest BCUT2D eigenvalue weighted by Gasteiger charge is 2.03. The molecule has 0 radical (unpaired) electrons. The van der Waals surface area contributed by atoms with Crippen LogP contribution < -0.4 is 5.73 Å². The fourth-order valence-corrected chi connectivity index (χ4v) is 3.37. The van der Waals surface area contributed by atoms with Crippen LogP contribution in [0, 0.1) is 6.92 Å². The molecule has 2 aromatic rings. The SMILES string of the molecule is CCc1ccc(CSc2nc(C)cc(N)n2)s1. The Morgan fingerprint density at radius 2 is 2.06 bits per heavy atom. The molecule has 0 bridgehead atoms. The number of nitrogens with two attached hydrogens (primary N) is 1. The maximum absolute atomic E-state index is 5.69. The van der Waals surface area contributed by atoms with Crippen LogP contribution in [0.25, 0.3) is 0 Å². The molecular weight excluding hydrogens is 250 g/mol. The lowest BCUT2D eigenvalue weighted by atomic mass is 10.4. The summed E-state index contributed by atoms with van der Waals surface area (Å²) in [6.45, 7) is 4.11. The van der Waals surface area contributed by atoms with Crippen molar-refractivity contribution in [2.75, 3.05) is 5.73 Å². The van der Waals surface area contributed by atoms with Crippen molar-refractivity contribution in [2.24, 2.45) is 0 Å². The average Bonchev–Trinajstić information content (AvgIpc) is 2.73. The zero-order valence-corrected chi connectivity index (χ0v) is 11.6. The van der Waals surface area contributed by atoms with Crippen LogP contribution >= 0.6 is 23.1 Å². The first-order chi connectivity index (χ1) is 8.17. The zero-order valence-electron chi connectivity index (χ0n) is 9.93. The molecule has 0 saturated carbocycles. The third-order valence-corrected chi connectivity index (χ3v) is 4.57. The van der Waals surface area contributed by atoms with Crippen molar-refractivity contribution in [3.05, 3.63) is 33.6 Å². The lowest BCUT2D eigenvalue weighted by Crippen LogP contribution is -1.96. The van der Waals surface area contributed by atoms with Crippen LogP contribution in [0.3, 0.4) is 0 Å². The number of nitrogens with zero attached hydrogens (tertiary/aromatic N) is 2. The molecule has 0 saturated heterocycles. The first-order valence-electron chi connectivity index (χ1n) is 5.49. The van der Waals surface area contributed by atoms with Gasteiger partial charge in [-0.05, 0) is 25.5 Å². The van der Waals surface area contributed by atoms with Crippen molar-refractivity contribution in [2.45, 2.75) is 31.2 Å². The Morgan fingerprint density at radius 1 is 1.29 bits per heavy atom. The topological polar surface area (TPSA) is 51.8 Å². The van der Waals surface area contributed by atoms with Gasteiger partial charge in [-0.15, -0.1) is 11.3 Å². The van der Waals surface area contributed by atoms with Crippen molar-refractivity contribution < 1.29 is 0 Å². The molecule has 0 fully saturated rings. The first kappa shape index (κ1) is 12.4. The van der Waals surface area contributed by atoms with Crippen LogP contribution in [-0.2, 0) is 12.2 Å². The predicted octanol–water partition coefficient (Wildman–Crippen LogP) is 3.28. The molecular formula is C12H15N3S2. The first-order valence-corrected chi connectivity index (χ1v) is 7.29. The highest BCUT2D eigenvalue weighted by molar-refractivity contribution is 7.98. The minimum atomic E-state index is 0.542. The number of anilines is 1. The Labute approximate surface area is 109 Å². The molecule has 0 aromatic carbocycles. The molecule has 0 spiro atoms. The molecule has 2 heterocycles. The van der Waals surface area contributed by atoms with E-state index >= 15 is 0 Å². The van der Waals surface area contributed by atoms with Crippen molar-refractivity contribution in [1.82, 2.24) is 9.97 Å². The third-order valence-electron chi connectivity index (χ3n) is 2.26. The highest BCUT2D eigenvalue weighted by Crippen LogP contribution is 2.25. The summed E-state index contributed by atoms with van der Waals surface area (Å²) in [6.07, 6.45) is 1.10. The number of nitrogen functional groups attached to an aromatic ring is 1. The molecule has 90 valence electrons. The van der Waals surface area contributed by atoms with Gasteiger partial charge < -0.3 is 5.73 Å². The molecule has 5 heteroatoms. The van der Waals surface area contributed by atoms with E-state index in [1.807, 2.05) is 18.3 Å². The van der Waals surface area contributed by atoms with Gasteiger partial charge in [0.15, 0.2) is 5.16 Å². The summed E-state index contributed by atoms with van der Waals surface area (Å²) in [4.78, 5) is 11.3. The fraction of sp³-hybridized carbons (Fsp3) is 0.333. The van der Waals surface area contributed by atoms with E-state index in [0.717, 1.165) is 23.0 Å². The summed E-state index contributed by atoms with van der Waals surface area (Å²) in [5.41, 5.74) is 6.61. The van der Waals surface area contributed by atoms with Crippen molar-refractivity contribution >= 4 is 28.9 Å². The Bertz CT molecular complexity index is 488. The number of hydrogen-bond donors (Lipinski definition) is 1. The maximum Gasteiger partial charge on any atom is 0.190 e. The van der Waals surface area contributed by atoms with Gasteiger partial charge in [0.1, 0.15) is 5.82 Å². The van der Waals surface area contributed by atoms with Gasteiger partial charge >= 0.3 is 0 Å². The second kappa shape index (κ2) is 5.51. The Morgan fingerprint density at radius 3 is 2.71 bits per heavy atom. The lowest BCUT2D eigenvalue weighted by molar-refractivity contribution is 0.940. The minimum absolute atomic E-state index is 0.542. The standard InChI is InChI=1S/C12H15N3S2/c1-3-9-4-5-10(17-9)7-16-12-14-8(2)6-11(13)15-12/h4-6H,3,7H2,1-2H3,(H2,13,14,15). The molecule has 17 heavy (non-hydrogen) atoms. The Kier molecular flexibility index (Phi) is 4.02. The molecule has 0 unspecified atom stereocenters. The van der Waals surface area contributed by atoms with Crippen LogP contribution in [-0.4, -0.2) is 9.97 Å². The molecule has 2 aromatic heterocycles. The predicted molar refractivity (Wildman–Crippen MR) is 74.4 cm³/mol. The molecule has 2 rings (SSSR count). The van der Waals surface area contributed by atoms with Crippen molar-refractivity contribution in [3.63, 3.8) is 0 Å². The zero-order chi connectivity index (χ0) is 12.3. The van der Waals surface area contributed by atoms with Crippen LogP contribution in [0.4, 0.5) is 5.82 Å². The van der Waals surface area contributed by atoms with E-state index in [1.165, 1.54) is 9.75 Å². The van der Waals surface area contributed by atoms with Gasteiger partial charge in [0.25, 0.3) is 0 Å². The van der Waals surface area contributed by atoms with Gasteiger partial charge in [-0.25, -0.2) is 9.97 Å². The molecule has 2 N–H and O–H groups in total.